The van der Waals surface area contributed by atoms with E-state index in [2.05, 4.69) is 10.6 Å². The second-order valence-electron chi connectivity index (χ2n) is 5.20. The molecule has 6 heteroatoms. The Kier molecular flexibility index (Phi) is 5.79. The zero-order chi connectivity index (χ0) is 14.4. The Morgan fingerprint density at radius 2 is 1.79 bits per heavy atom. The number of carboxylic acids is 1. The summed E-state index contributed by atoms with van der Waals surface area (Å²) in [4.78, 5) is 34.4. The molecule has 0 aliphatic heterocycles. The number of nitrogens with one attached hydrogen (secondary N) is 2. The zero-order valence-corrected chi connectivity index (χ0v) is 11.4. The van der Waals surface area contributed by atoms with E-state index in [1.165, 1.54) is 0 Å². The molecular weight excluding hydrogens is 248 g/mol. The van der Waals surface area contributed by atoms with E-state index >= 15 is 0 Å². The van der Waals surface area contributed by atoms with Gasteiger partial charge < -0.3 is 15.7 Å². The molecule has 1 fully saturated rings. The molecule has 2 amide bonds. The molecule has 3 atom stereocenters. The number of aliphatic carboxylic acids is 1. The summed E-state index contributed by atoms with van der Waals surface area (Å²) >= 11 is 0. The molecule has 3 unspecified atom stereocenters. The van der Waals surface area contributed by atoms with Crippen LogP contribution in [0.25, 0.3) is 0 Å². The standard InChI is InChI=1S/C13H22N2O4/c1-3-4-14-11(16)7-15-12(17)9-5-8(2)6-10(9)13(18)19/h8-10H,3-7H2,1-2H3,(H,14,16)(H,15,17)(H,18,19). The highest BCUT2D eigenvalue weighted by Crippen LogP contribution is 2.36. The van der Waals surface area contributed by atoms with Crippen LogP contribution < -0.4 is 10.6 Å². The third-order valence-electron chi connectivity index (χ3n) is 3.45. The lowest BCUT2D eigenvalue weighted by Crippen LogP contribution is -2.41. The van der Waals surface area contributed by atoms with Crippen LogP contribution in [0.15, 0.2) is 0 Å². The molecule has 19 heavy (non-hydrogen) atoms. The summed E-state index contributed by atoms with van der Waals surface area (Å²) in [6.45, 7) is 4.37. The molecule has 3 N–H and O–H groups in total. The van der Waals surface area contributed by atoms with Crippen LogP contribution in [-0.4, -0.2) is 36.0 Å². The molecule has 6 nitrogen and oxygen atoms in total. The second kappa shape index (κ2) is 7.11. The van der Waals surface area contributed by atoms with E-state index in [9.17, 15) is 14.4 Å². The minimum Gasteiger partial charge on any atom is -0.481 e. The molecule has 0 radical (unpaired) electrons. The van der Waals surface area contributed by atoms with E-state index in [0.717, 1.165) is 6.42 Å². The van der Waals surface area contributed by atoms with Crippen molar-refractivity contribution in [1.82, 2.24) is 10.6 Å². The highest BCUT2D eigenvalue weighted by atomic mass is 16.4. The Balaban J connectivity index is 2.44. The predicted molar refractivity (Wildman–Crippen MR) is 69.3 cm³/mol. The summed E-state index contributed by atoms with van der Waals surface area (Å²) in [5.74, 6) is -2.43. The van der Waals surface area contributed by atoms with Crippen molar-refractivity contribution in [3.63, 3.8) is 0 Å². The van der Waals surface area contributed by atoms with Gasteiger partial charge >= 0.3 is 5.97 Å². The largest absolute Gasteiger partial charge is 0.481 e. The van der Waals surface area contributed by atoms with Crippen molar-refractivity contribution >= 4 is 17.8 Å². The maximum Gasteiger partial charge on any atom is 0.307 e. The van der Waals surface area contributed by atoms with Gasteiger partial charge in [0.1, 0.15) is 0 Å². The Morgan fingerprint density at radius 3 is 2.37 bits per heavy atom. The Labute approximate surface area is 112 Å². The number of carbonyl (C=O) groups excluding carboxylic acids is 2. The van der Waals surface area contributed by atoms with Crippen molar-refractivity contribution < 1.29 is 19.5 Å². The number of hydrogen-bond donors (Lipinski definition) is 3. The first-order valence-corrected chi connectivity index (χ1v) is 6.72. The van der Waals surface area contributed by atoms with E-state index in [1.54, 1.807) is 0 Å². The molecule has 0 saturated heterocycles. The minimum absolute atomic E-state index is 0.0872. The maximum absolute atomic E-state index is 11.9. The first-order chi connectivity index (χ1) is 8.95. The molecule has 1 aliphatic rings. The fraction of sp³-hybridized carbons (Fsp3) is 0.769. The molecule has 0 aromatic carbocycles. The number of carbonyl (C=O) groups is 3. The Bertz CT molecular complexity index is 357. The highest BCUT2D eigenvalue weighted by Gasteiger charge is 2.41. The number of rotatable bonds is 6. The molecule has 0 bridgehead atoms. The van der Waals surface area contributed by atoms with Crippen LogP contribution in [-0.2, 0) is 14.4 Å². The lowest BCUT2D eigenvalue weighted by Gasteiger charge is -2.15. The van der Waals surface area contributed by atoms with Gasteiger partial charge in [-0.1, -0.05) is 13.8 Å². The Morgan fingerprint density at radius 1 is 1.16 bits per heavy atom. The van der Waals surface area contributed by atoms with Gasteiger partial charge in [-0.3, -0.25) is 14.4 Å². The zero-order valence-electron chi connectivity index (χ0n) is 11.4. The SMILES string of the molecule is CCCNC(=O)CNC(=O)C1CC(C)CC1C(=O)O. The quantitative estimate of drug-likeness (QED) is 0.650. The van der Waals surface area contributed by atoms with Gasteiger partial charge in [-0.05, 0) is 25.2 Å². The van der Waals surface area contributed by atoms with E-state index in [0.29, 0.717) is 19.4 Å². The number of amides is 2. The van der Waals surface area contributed by atoms with Gasteiger partial charge in [0.15, 0.2) is 0 Å². The lowest BCUT2D eigenvalue weighted by molar-refractivity contribution is -0.146. The second-order valence-corrected chi connectivity index (χ2v) is 5.20. The summed E-state index contributed by atoms with van der Waals surface area (Å²) < 4.78 is 0. The lowest BCUT2D eigenvalue weighted by atomic mass is 9.95. The summed E-state index contributed by atoms with van der Waals surface area (Å²) in [5, 5.41) is 14.3. The summed E-state index contributed by atoms with van der Waals surface area (Å²) in [5.41, 5.74) is 0. The smallest absolute Gasteiger partial charge is 0.307 e. The topological polar surface area (TPSA) is 95.5 Å². The molecular formula is C13H22N2O4. The summed E-state index contributed by atoms with van der Waals surface area (Å²) in [6.07, 6.45) is 1.93. The van der Waals surface area contributed by atoms with Crippen molar-refractivity contribution in [1.29, 1.82) is 0 Å². The van der Waals surface area contributed by atoms with Crippen molar-refractivity contribution in [2.75, 3.05) is 13.1 Å². The predicted octanol–water partition coefficient (Wildman–Crippen LogP) is 0.376. The first kappa shape index (κ1) is 15.5. The van der Waals surface area contributed by atoms with Crippen LogP contribution in [0.2, 0.25) is 0 Å². The van der Waals surface area contributed by atoms with Gasteiger partial charge in [0.2, 0.25) is 11.8 Å². The molecule has 108 valence electrons. The van der Waals surface area contributed by atoms with E-state index < -0.39 is 17.8 Å². The molecule has 0 aromatic rings. The normalized spacial score (nSPS) is 25.9. The van der Waals surface area contributed by atoms with E-state index in [4.69, 9.17) is 5.11 Å². The number of carboxylic acid groups (broad SMARTS) is 1. The van der Waals surface area contributed by atoms with Gasteiger partial charge in [-0.2, -0.15) is 0 Å². The number of hydrogen-bond acceptors (Lipinski definition) is 3. The van der Waals surface area contributed by atoms with Gasteiger partial charge in [0, 0.05) is 6.54 Å². The highest BCUT2D eigenvalue weighted by molar-refractivity contribution is 5.88. The third-order valence-corrected chi connectivity index (χ3v) is 3.45. The van der Waals surface area contributed by atoms with E-state index in [1.807, 2.05) is 13.8 Å². The average Bonchev–Trinajstić information content (AvgIpc) is 2.75. The molecule has 0 heterocycles. The fourth-order valence-electron chi connectivity index (χ4n) is 2.48. The molecule has 1 saturated carbocycles. The van der Waals surface area contributed by atoms with Crippen LogP contribution in [0.4, 0.5) is 0 Å². The van der Waals surface area contributed by atoms with Crippen LogP contribution in [0.3, 0.4) is 0 Å². The summed E-state index contributed by atoms with van der Waals surface area (Å²) in [6, 6.07) is 0. The molecule has 0 aromatic heterocycles. The van der Waals surface area contributed by atoms with Crippen molar-refractivity contribution in [2.24, 2.45) is 17.8 Å². The van der Waals surface area contributed by atoms with Crippen LogP contribution in [0.1, 0.15) is 33.1 Å². The van der Waals surface area contributed by atoms with Gasteiger partial charge in [-0.15, -0.1) is 0 Å². The fourth-order valence-corrected chi connectivity index (χ4v) is 2.48. The van der Waals surface area contributed by atoms with Crippen molar-refractivity contribution in [2.45, 2.75) is 33.1 Å². The van der Waals surface area contributed by atoms with Crippen LogP contribution in [0.5, 0.6) is 0 Å². The molecule has 0 spiro atoms. The minimum atomic E-state index is -0.931. The van der Waals surface area contributed by atoms with Gasteiger partial charge in [0.25, 0.3) is 0 Å². The van der Waals surface area contributed by atoms with Gasteiger partial charge in [0.05, 0.1) is 18.4 Å². The van der Waals surface area contributed by atoms with Crippen LogP contribution >= 0.6 is 0 Å². The average molecular weight is 270 g/mol. The third kappa shape index (κ3) is 4.54. The first-order valence-electron chi connectivity index (χ1n) is 6.72. The van der Waals surface area contributed by atoms with Crippen LogP contribution in [0, 0.1) is 17.8 Å². The van der Waals surface area contributed by atoms with Crippen molar-refractivity contribution in [3.8, 4) is 0 Å². The van der Waals surface area contributed by atoms with E-state index in [-0.39, 0.29) is 24.3 Å². The Hall–Kier alpha value is -1.59. The summed E-state index contributed by atoms with van der Waals surface area (Å²) in [7, 11) is 0. The molecule has 1 rings (SSSR count). The molecule has 1 aliphatic carbocycles. The van der Waals surface area contributed by atoms with Crippen molar-refractivity contribution in [3.05, 3.63) is 0 Å². The maximum atomic E-state index is 11.9. The monoisotopic (exact) mass is 270 g/mol. The van der Waals surface area contributed by atoms with Gasteiger partial charge in [-0.25, -0.2) is 0 Å².